The normalized spacial score (nSPS) is 21.0. The van der Waals surface area contributed by atoms with Gasteiger partial charge in [-0.3, -0.25) is 14.7 Å². The fraction of sp³-hybridized carbons (Fsp3) is 0.394. The van der Waals surface area contributed by atoms with Crippen LogP contribution in [0, 0.1) is 11.6 Å². The van der Waals surface area contributed by atoms with E-state index in [1.54, 1.807) is 36.2 Å². The molecule has 0 saturated carbocycles. The van der Waals surface area contributed by atoms with Gasteiger partial charge in [0.25, 0.3) is 0 Å². The van der Waals surface area contributed by atoms with E-state index in [1.165, 1.54) is 17.2 Å². The molecule has 0 aliphatic carbocycles. The Hall–Kier alpha value is -3.96. The number of benzene rings is 2. The molecule has 3 aliphatic rings. The number of pyridine rings is 1. The van der Waals surface area contributed by atoms with Crippen LogP contribution < -0.4 is 9.64 Å². The number of halogens is 4. The second-order valence-electron chi connectivity index (χ2n) is 12.1. The summed E-state index contributed by atoms with van der Waals surface area (Å²) in [5.41, 5.74) is 0.0483. The Kier molecular flexibility index (Phi) is 7.56. The molecule has 3 aliphatic heterocycles. The lowest BCUT2D eigenvalue weighted by Gasteiger charge is -2.31. The minimum atomic E-state index is -1.39. The maximum Gasteiger partial charge on any atom is 0.319 e. The average Bonchev–Trinajstić information content (AvgIpc) is 3.75. The summed E-state index contributed by atoms with van der Waals surface area (Å²) in [6, 6.07) is 7.14. The third-order valence-corrected chi connectivity index (χ3v) is 10.0. The fourth-order valence-corrected chi connectivity index (χ4v) is 7.56. The first-order valence-corrected chi connectivity index (χ1v) is 15.5. The Balaban J connectivity index is 1.35. The molecule has 8 nitrogen and oxygen atoms in total. The van der Waals surface area contributed by atoms with Crippen molar-refractivity contribution in [3.05, 3.63) is 65.8 Å². The summed E-state index contributed by atoms with van der Waals surface area (Å²) >= 11 is 6.37. The van der Waals surface area contributed by atoms with E-state index in [1.807, 2.05) is 0 Å². The molecule has 12 heteroatoms. The highest BCUT2D eigenvalue weighted by atomic mass is 35.5. The van der Waals surface area contributed by atoms with Crippen molar-refractivity contribution in [3.63, 3.8) is 0 Å². The van der Waals surface area contributed by atoms with E-state index >= 15 is 8.78 Å². The van der Waals surface area contributed by atoms with Gasteiger partial charge in [-0.15, -0.1) is 0 Å². The van der Waals surface area contributed by atoms with Gasteiger partial charge < -0.3 is 14.5 Å². The molecule has 4 aromatic rings. The monoisotopic (exact) mass is 636 g/mol. The Morgan fingerprint density at radius 1 is 1.18 bits per heavy atom. The molecule has 5 heterocycles. The van der Waals surface area contributed by atoms with E-state index in [9.17, 15) is 9.18 Å². The molecule has 1 amide bonds. The molecule has 0 N–H and O–H groups in total. The Morgan fingerprint density at radius 2 is 1.96 bits per heavy atom. The van der Waals surface area contributed by atoms with Crippen LogP contribution in [0.15, 0.2) is 49.2 Å². The zero-order valence-electron chi connectivity index (χ0n) is 24.8. The summed E-state index contributed by atoms with van der Waals surface area (Å²) in [6.07, 6.45) is 5.34. The highest BCUT2D eigenvalue weighted by Crippen LogP contribution is 2.41. The first-order chi connectivity index (χ1) is 21.7. The predicted octanol–water partition coefficient (Wildman–Crippen LogP) is 5.95. The minimum Gasteiger partial charge on any atom is -0.461 e. The second-order valence-corrected chi connectivity index (χ2v) is 12.5. The first-order valence-electron chi connectivity index (χ1n) is 15.1. The van der Waals surface area contributed by atoms with Crippen molar-refractivity contribution in [2.75, 3.05) is 44.7 Å². The molecule has 0 unspecified atom stereocenters. The standard InChI is InChI=1S/C33H32ClF3N6O2/c1-3-25(44)42-16-23(36)24(17-42)41(2)31-21-15-38-29(20-8-4-7-19-9-10-22(35)27(34)26(19)20)28(37)30(21)39-32(40-31)45-18-33-11-5-13-43(33)14-6-12-33/h3-4,7-10,15,23-24H,1,5-6,11-14,16-18H2,2H3/t23-,24-/m0/s1. The van der Waals surface area contributed by atoms with Crippen molar-refractivity contribution in [1.82, 2.24) is 24.8 Å². The van der Waals surface area contributed by atoms with Gasteiger partial charge in [0.1, 0.15) is 35.6 Å². The number of ether oxygens (including phenoxy) is 1. The quantitative estimate of drug-likeness (QED) is 0.232. The summed E-state index contributed by atoms with van der Waals surface area (Å²) in [5, 5.41) is 1.05. The molecule has 3 fully saturated rings. The lowest BCUT2D eigenvalue weighted by Crippen LogP contribution is -2.43. The fourth-order valence-electron chi connectivity index (χ4n) is 7.29. The van der Waals surface area contributed by atoms with Crippen LogP contribution in [0.3, 0.4) is 0 Å². The smallest absolute Gasteiger partial charge is 0.319 e. The number of aromatic nitrogens is 3. The SMILES string of the molecule is C=CC(=O)N1C[C@H](F)[C@@H](N(C)c2nc(OCC34CCCN3CCC4)nc3c(F)c(-c4cccc5ccc(F)c(Cl)c45)ncc23)C1. The molecule has 45 heavy (non-hydrogen) atoms. The summed E-state index contributed by atoms with van der Waals surface area (Å²) in [7, 11) is 1.65. The van der Waals surface area contributed by atoms with Crippen LogP contribution in [0.4, 0.5) is 19.0 Å². The molecule has 234 valence electrons. The zero-order chi connectivity index (χ0) is 31.5. The number of hydrogen-bond acceptors (Lipinski definition) is 7. The van der Waals surface area contributed by atoms with Gasteiger partial charge in [-0.1, -0.05) is 42.4 Å². The number of carbonyl (C=O) groups is 1. The highest BCUT2D eigenvalue weighted by molar-refractivity contribution is 6.36. The maximum atomic E-state index is 16.7. The highest BCUT2D eigenvalue weighted by Gasteiger charge is 2.45. The van der Waals surface area contributed by atoms with E-state index in [0.29, 0.717) is 22.9 Å². The molecule has 0 bridgehead atoms. The van der Waals surface area contributed by atoms with Crippen molar-refractivity contribution in [2.45, 2.75) is 43.4 Å². The molecule has 0 spiro atoms. The Labute approximate surface area is 263 Å². The van der Waals surface area contributed by atoms with Gasteiger partial charge >= 0.3 is 6.01 Å². The Bertz CT molecular complexity index is 1830. The largest absolute Gasteiger partial charge is 0.461 e. The van der Waals surface area contributed by atoms with E-state index in [4.69, 9.17) is 16.3 Å². The molecule has 2 atom stereocenters. The average molecular weight is 637 g/mol. The predicted molar refractivity (Wildman–Crippen MR) is 167 cm³/mol. The van der Waals surface area contributed by atoms with Crippen LogP contribution in [0.2, 0.25) is 5.02 Å². The minimum absolute atomic E-state index is 0.0389. The molecule has 0 radical (unpaired) electrons. The topological polar surface area (TPSA) is 74.7 Å². The lowest BCUT2D eigenvalue weighted by molar-refractivity contribution is -0.125. The van der Waals surface area contributed by atoms with Gasteiger partial charge in [-0.05, 0) is 56.3 Å². The van der Waals surface area contributed by atoms with Crippen LogP contribution in [0.25, 0.3) is 32.9 Å². The maximum absolute atomic E-state index is 16.7. The number of likely N-dealkylation sites (tertiary alicyclic amines) is 1. The van der Waals surface area contributed by atoms with Crippen LogP contribution in [0.5, 0.6) is 6.01 Å². The Morgan fingerprint density at radius 3 is 2.71 bits per heavy atom. The molecule has 7 rings (SSSR count). The molecule has 2 aromatic heterocycles. The van der Waals surface area contributed by atoms with E-state index in [0.717, 1.165) is 44.8 Å². The number of nitrogens with zero attached hydrogens (tertiary/aromatic N) is 6. The second kappa shape index (κ2) is 11.4. The van der Waals surface area contributed by atoms with Gasteiger partial charge in [0.05, 0.1) is 28.5 Å². The van der Waals surface area contributed by atoms with E-state index in [2.05, 4.69) is 26.4 Å². The van der Waals surface area contributed by atoms with E-state index in [-0.39, 0.29) is 58.0 Å². The summed E-state index contributed by atoms with van der Waals surface area (Å²) in [6.45, 7) is 5.87. The van der Waals surface area contributed by atoms with Gasteiger partial charge in [0.15, 0.2) is 5.82 Å². The molecular formula is C33H32ClF3N6O2. The van der Waals surface area contributed by atoms with Gasteiger partial charge in [-0.25, -0.2) is 13.2 Å². The molecule has 3 saturated heterocycles. The number of alkyl halides is 1. The van der Waals surface area contributed by atoms with Crippen molar-refractivity contribution in [1.29, 1.82) is 0 Å². The van der Waals surface area contributed by atoms with Crippen molar-refractivity contribution < 1.29 is 22.7 Å². The van der Waals surface area contributed by atoms with Crippen LogP contribution >= 0.6 is 11.6 Å². The first kappa shape index (κ1) is 29.7. The van der Waals surface area contributed by atoms with Crippen LogP contribution in [-0.2, 0) is 4.79 Å². The van der Waals surface area contributed by atoms with Gasteiger partial charge in [0.2, 0.25) is 5.91 Å². The summed E-state index contributed by atoms with van der Waals surface area (Å²) in [4.78, 5) is 31.3. The van der Waals surface area contributed by atoms with Gasteiger partial charge in [0, 0.05) is 30.7 Å². The summed E-state index contributed by atoms with van der Waals surface area (Å²) in [5.74, 6) is -1.55. The van der Waals surface area contributed by atoms with Crippen LogP contribution in [-0.4, -0.2) is 88.2 Å². The van der Waals surface area contributed by atoms with Crippen molar-refractivity contribution >= 4 is 45.0 Å². The van der Waals surface area contributed by atoms with Gasteiger partial charge in [-0.2, -0.15) is 9.97 Å². The summed E-state index contributed by atoms with van der Waals surface area (Å²) < 4.78 is 52.8. The number of carbonyl (C=O) groups excluding carboxylic acids is 1. The zero-order valence-corrected chi connectivity index (χ0v) is 25.5. The number of amides is 1. The number of anilines is 1. The van der Waals surface area contributed by atoms with Crippen molar-refractivity contribution in [3.8, 4) is 17.3 Å². The number of fused-ring (bicyclic) bond motifs is 3. The van der Waals surface area contributed by atoms with Crippen molar-refractivity contribution in [2.24, 2.45) is 0 Å². The van der Waals surface area contributed by atoms with E-state index < -0.39 is 23.8 Å². The molecular weight excluding hydrogens is 605 g/mol. The molecule has 2 aromatic carbocycles. The number of rotatable bonds is 7. The lowest BCUT2D eigenvalue weighted by atomic mass is 9.95. The third kappa shape index (κ3) is 4.96. The van der Waals surface area contributed by atoms with Crippen LogP contribution in [0.1, 0.15) is 25.7 Å². The number of hydrogen-bond donors (Lipinski definition) is 0. The number of likely N-dealkylation sites (N-methyl/N-ethyl adjacent to an activating group) is 1. The third-order valence-electron chi connectivity index (χ3n) is 9.65.